The maximum absolute atomic E-state index is 12.3. The lowest BCUT2D eigenvalue weighted by atomic mass is 10.2. The van der Waals surface area contributed by atoms with E-state index in [0.29, 0.717) is 22.1 Å². The van der Waals surface area contributed by atoms with Crippen molar-refractivity contribution in [2.24, 2.45) is 0 Å². The van der Waals surface area contributed by atoms with Crippen LogP contribution in [0.1, 0.15) is 34.3 Å². The third-order valence-corrected chi connectivity index (χ3v) is 4.09. The van der Waals surface area contributed by atoms with Crippen LogP contribution in [-0.4, -0.2) is 20.8 Å². The summed E-state index contributed by atoms with van der Waals surface area (Å²) in [5.74, 6) is -0.105. The second-order valence-electron chi connectivity index (χ2n) is 3.73. The normalized spacial score (nSPS) is 10.8. The van der Waals surface area contributed by atoms with Crippen LogP contribution in [-0.2, 0) is 6.54 Å². The van der Waals surface area contributed by atoms with Gasteiger partial charge in [0, 0.05) is 6.54 Å². The molecule has 0 aliphatic heterocycles. The van der Waals surface area contributed by atoms with Gasteiger partial charge >= 0.3 is 0 Å². The number of thiophene rings is 1. The van der Waals surface area contributed by atoms with Gasteiger partial charge in [-0.1, -0.05) is 23.7 Å². The van der Waals surface area contributed by atoms with Gasteiger partial charge in [-0.3, -0.25) is 4.79 Å². The first-order chi connectivity index (χ1) is 8.15. The van der Waals surface area contributed by atoms with Crippen molar-refractivity contribution in [1.82, 2.24) is 15.0 Å². The highest BCUT2D eigenvalue weighted by Gasteiger charge is 2.20. The van der Waals surface area contributed by atoms with Crippen LogP contribution < -0.4 is 0 Å². The number of halogens is 1. The SMILES string of the molecule is CCCn1nncc1C(=O)c1scc(C)c1Cl. The van der Waals surface area contributed by atoms with E-state index < -0.39 is 0 Å². The van der Waals surface area contributed by atoms with E-state index in [9.17, 15) is 4.79 Å². The van der Waals surface area contributed by atoms with Crippen molar-refractivity contribution in [3.8, 4) is 0 Å². The number of rotatable bonds is 4. The summed E-state index contributed by atoms with van der Waals surface area (Å²) in [7, 11) is 0. The highest BCUT2D eigenvalue weighted by atomic mass is 35.5. The van der Waals surface area contributed by atoms with Crippen LogP contribution in [0.2, 0.25) is 5.02 Å². The monoisotopic (exact) mass is 269 g/mol. The number of aryl methyl sites for hydroxylation is 2. The molecule has 6 heteroatoms. The Morgan fingerprint density at radius 2 is 2.35 bits per heavy atom. The number of hydrogen-bond donors (Lipinski definition) is 0. The third-order valence-electron chi connectivity index (χ3n) is 2.39. The zero-order valence-corrected chi connectivity index (χ0v) is 11.2. The van der Waals surface area contributed by atoms with Gasteiger partial charge in [-0.2, -0.15) is 0 Å². The molecular formula is C11H12ClN3OS. The molecule has 4 nitrogen and oxygen atoms in total. The van der Waals surface area contributed by atoms with Crippen molar-refractivity contribution in [3.63, 3.8) is 0 Å². The minimum absolute atomic E-state index is 0.105. The van der Waals surface area contributed by atoms with Gasteiger partial charge in [-0.15, -0.1) is 16.4 Å². The van der Waals surface area contributed by atoms with Crippen molar-refractivity contribution in [1.29, 1.82) is 0 Å². The van der Waals surface area contributed by atoms with Gasteiger partial charge in [0.05, 0.1) is 16.1 Å². The molecule has 0 radical (unpaired) electrons. The zero-order chi connectivity index (χ0) is 12.4. The summed E-state index contributed by atoms with van der Waals surface area (Å²) in [4.78, 5) is 12.8. The fraction of sp³-hybridized carbons (Fsp3) is 0.364. The first kappa shape index (κ1) is 12.3. The van der Waals surface area contributed by atoms with Crippen LogP contribution in [0.15, 0.2) is 11.6 Å². The Labute approximate surface area is 108 Å². The highest BCUT2D eigenvalue weighted by molar-refractivity contribution is 7.13. The summed E-state index contributed by atoms with van der Waals surface area (Å²) in [5, 5.41) is 10.1. The molecule has 0 bridgehead atoms. The number of carbonyl (C=O) groups is 1. The lowest BCUT2D eigenvalue weighted by molar-refractivity contribution is 0.103. The van der Waals surface area contributed by atoms with Crippen molar-refractivity contribution in [3.05, 3.63) is 32.7 Å². The molecule has 0 amide bonds. The second-order valence-corrected chi connectivity index (χ2v) is 4.99. The van der Waals surface area contributed by atoms with Gasteiger partial charge in [-0.05, 0) is 24.3 Å². The molecule has 0 aromatic carbocycles. The minimum atomic E-state index is -0.105. The Morgan fingerprint density at radius 1 is 1.59 bits per heavy atom. The first-order valence-electron chi connectivity index (χ1n) is 5.32. The van der Waals surface area contributed by atoms with Crippen molar-refractivity contribution in [2.75, 3.05) is 0 Å². The second kappa shape index (κ2) is 4.98. The van der Waals surface area contributed by atoms with E-state index in [4.69, 9.17) is 11.6 Å². The minimum Gasteiger partial charge on any atom is -0.286 e. The summed E-state index contributed by atoms with van der Waals surface area (Å²) < 4.78 is 1.62. The molecule has 0 N–H and O–H groups in total. The van der Waals surface area contributed by atoms with Crippen molar-refractivity contribution in [2.45, 2.75) is 26.8 Å². The fourth-order valence-corrected chi connectivity index (χ4v) is 2.74. The van der Waals surface area contributed by atoms with Crippen molar-refractivity contribution >= 4 is 28.7 Å². The van der Waals surface area contributed by atoms with E-state index in [0.717, 1.165) is 12.0 Å². The number of ketones is 1. The molecule has 0 spiro atoms. The van der Waals surface area contributed by atoms with E-state index >= 15 is 0 Å². The molecule has 2 heterocycles. The molecule has 0 aliphatic rings. The topological polar surface area (TPSA) is 47.8 Å². The highest BCUT2D eigenvalue weighted by Crippen LogP contribution is 2.29. The van der Waals surface area contributed by atoms with Crippen LogP contribution in [0.25, 0.3) is 0 Å². The summed E-state index contributed by atoms with van der Waals surface area (Å²) in [6.07, 6.45) is 2.39. The lowest BCUT2D eigenvalue weighted by Crippen LogP contribution is -2.10. The molecule has 0 saturated heterocycles. The average molecular weight is 270 g/mol. The van der Waals surface area contributed by atoms with E-state index in [2.05, 4.69) is 10.3 Å². The smallest absolute Gasteiger partial charge is 0.224 e. The van der Waals surface area contributed by atoms with Gasteiger partial charge < -0.3 is 0 Å². The third kappa shape index (κ3) is 2.25. The molecule has 90 valence electrons. The predicted molar refractivity (Wildman–Crippen MR) is 67.8 cm³/mol. The molecule has 0 aliphatic carbocycles. The Morgan fingerprint density at radius 3 is 2.94 bits per heavy atom. The van der Waals surface area contributed by atoms with Crippen LogP contribution >= 0.6 is 22.9 Å². The van der Waals surface area contributed by atoms with Crippen LogP contribution in [0.4, 0.5) is 0 Å². The Kier molecular flexibility index (Phi) is 3.59. The molecule has 2 rings (SSSR count). The predicted octanol–water partition coefficient (Wildman–Crippen LogP) is 2.94. The van der Waals surface area contributed by atoms with Crippen LogP contribution in [0.5, 0.6) is 0 Å². The quantitative estimate of drug-likeness (QED) is 0.802. The molecular weight excluding hydrogens is 258 g/mol. The summed E-state index contributed by atoms with van der Waals surface area (Å²) in [5.41, 5.74) is 1.42. The molecule has 0 saturated carbocycles. The Bertz CT molecular complexity index is 547. The van der Waals surface area contributed by atoms with Gasteiger partial charge in [-0.25, -0.2) is 4.68 Å². The lowest BCUT2D eigenvalue weighted by Gasteiger charge is -2.02. The van der Waals surface area contributed by atoms with Crippen LogP contribution in [0, 0.1) is 6.92 Å². The molecule has 0 atom stereocenters. The first-order valence-corrected chi connectivity index (χ1v) is 6.57. The number of nitrogens with zero attached hydrogens (tertiary/aromatic N) is 3. The Hall–Kier alpha value is -1.20. The summed E-state index contributed by atoms with van der Waals surface area (Å²) in [6, 6.07) is 0. The van der Waals surface area contributed by atoms with Gasteiger partial charge in [0.1, 0.15) is 5.69 Å². The Balaban J connectivity index is 2.37. The zero-order valence-electron chi connectivity index (χ0n) is 9.61. The molecule has 0 unspecified atom stereocenters. The fourth-order valence-electron chi connectivity index (χ4n) is 1.51. The molecule has 17 heavy (non-hydrogen) atoms. The standard InChI is InChI=1S/C11H12ClN3OS/c1-3-4-15-8(5-13-14-15)10(16)11-9(12)7(2)6-17-11/h5-6H,3-4H2,1-2H3. The largest absolute Gasteiger partial charge is 0.286 e. The molecule has 0 fully saturated rings. The van der Waals surface area contributed by atoms with E-state index in [1.54, 1.807) is 4.68 Å². The van der Waals surface area contributed by atoms with Gasteiger partial charge in [0.15, 0.2) is 0 Å². The number of carbonyl (C=O) groups excluding carboxylic acids is 1. The number of aromatic nitrogens is 3. The van der Waals surface area contributed by atoms with Crippen LogP contribution in [0.3, 0.4) is 0 Å². The van der Waals surface area contributed by atoms with Crippen molar-refractivity contribution < 1.29 is 4.79 Å². The molecule has 2 aromatic heterocycles. The van der Waals surface area contributed by atoms with E-state index in [-0.39, 0.29) is 5.78 Å². The maximum atomic E-state index is 12.3. The van der Waals surface area contributed by atoms with E-state index in [1.165, 1.54) is 17.5 Å². The van der Waals surface area contributed by atoms with Gasteiger partial charge in [0.25, 0.3) is 0 Å². The number of hydrogen-bond acceptors (Lipinski definition) is 4. The molecule has 2 aromatic rings. The average Bonchev–Trinajstić information content (AvgIpc) is 2.88. The van der Waals surface area contributed by atoms with Gasteiger partial charge in [0.2, 0.25) is 5.78 Å². The summed E-state index contributed by atoms with van der Waals surface area (Å²) >= 11 is 7.45. The summed E-state index contributed by atoms with van der Waals surface area (Å²) in [6.45, 7) is 4.60. The van der Waals surface area contributed by atoms with E-state index in [1.807, 2.05) is 19.2 Å². The maximum Gasteiger partial charge on any atom is 0.224 e.